The van der Waals surface area contributed by atoms with Crippen molar-refractivity contribution in [1.29, 1.82) is 0 Å². The van der Waals surface area contributed by atoms with Gasteiger partial charge in [0, 0.05) is 17.0 Å². The lowest BCUT2D eigenvalue weighted by atomic mass is 9.85. The Balaban J connectivity index is 1.96. The highest BCUT2D eigenvalue weighted by molar-refractivity contribution is 6.30. The van der Waals surface area contributed by atoms with E-state index in [9.17, 15) is 0 Å². The molecule has 1 unspecified atom stereocenters. The first-order chi connectivity index (χ1) is 9.95. The van der Waals surface area contributed by atoms with Gasteiger partial charge in [0.05, 0.1) is 6.61 Å². The summed E-state index contributed by atoms with van der Waals surface area (Å²) >= 11 is 6.23. The molecular weight excluding hydrogens is 282 g/mol. The van der Waals surface area contributed by atoms with E-state index < -0.39 is 5.54 Å². The maximum absolute atomic E-state index is 6.58. The fourth-order valence-electron chi connectivity index (χ4n) is 2.98. The molecule has 0 saturated carbocycles. The zero-order valence-corrected chi connectivity index (χ0v) is 13.2. The molecule has 1 heterocycles. The molecule has 2 aromatic rings. The molecule has 2 nitrogen and oxygen atoms in total. The van der Waals surface area contributed by atoms with Crippen LogP contribution >= 0.6 is 11.6 Å². The van der Waals surface area contributed by atoms with Crippen molar-refractivity contribution in [2.75, 3.05) is 6.61 Å². The summed E-state index contributed by atoms with van der Waals surface area (Å²) in [6, 6.07) is 12.3. The van der Waals surface area contributed by atoms with Crippen molar-refractivity contribution in [3.8, 4) is 5.75 Å². The third-order valence-electron chi connectivity index (χ3n) is 4.06. The number of fused-ring (bicyclic) bond motifs is 1. The molecule has 0 aliphatic carbocycles. The van der Waals surface area contributed by atoms with Crippen LogP contribution in [0.25, 0.3) is 0 Å². The number of rotatable bonds is 3. The van der Waals surface area contributed by atoms with E-state index in [1.165, 1.54) is 11.1 Å². The van der Waals surface area contributed by atoms with Crippen molar-refractivity contribution in [3.05, 3.63) is 63.7 Å². The molecule has 3 rings (SSSR count). The maximum Gasteiger partial charge on any atom is 0.125 e. The van der Waals surface area contributed by atoms with E-state index >= 15 is 0 Å². The van der Waals surface area contributed by atoms with E-state index in [2.05, 4.69) is 38.1 Å². The average molecular weight is 302 g/mol. The third-order valence-corrected chi connectivity index (χ3v) is 4.28. The monoisotopic (exact) mass is 301 g/mol. The summed E-state index contributed by atoms with van der Waals surface area (Å²) in [4.78, 5) is 0. The van der Waals surface area contributed by atoms with Crippen LogP contribution in [0.5, 0.6) is 5.75 Å². The number of hydrogen-bond acceptors (Lipinski definition) is 2. The molecule has 0 spiro atoms. The molecule has 2 N–H and O–H groups in total. The van der Waals surface area contributed by atoms with Gasteiger partial charge in [0.1, 0.15) is 5.75 Å². The van der Waals surface area contributed by atoms with Gasteiger partial charge < -0.3 is 10.5 Å². The first kappa shape index (κ1) is 14.4. The predicted molar refractivity (Wildman–Crippen MR) is 87.1 cm³/mol. The lowest BCUT2D eigenvalue weighted by Gasteiger charge is -2.27. The van der Waals surface area contributed by atoms with Crippen molar-refractivity contribution < 1.29 is 4.74 Å². The standard InChI is InChI=1S/C18H20ClNO/c1-12-4-3-5-15(8-12)18(2,20)11-14-10-16(19)9-13-6-7-21-17(13)14/h3-5,8-10H,6-7,11,20H2,1-2H3. The zero-order valence-electron chi connectivity index (χ0n) is 12.4. The van der Waals surface area contributed by atoms with Gasteiger partial charge in [-0.25, -0.2) is 0 Å². The van der Waals surface area contributed by atoms with Crippen LogP contribution in [0.1, 0.15) is 29.2 Å². The van der Waals surface area contributed by atoms with Gasteiger partial charge in [-0.15, -0.1) is 0 Å². The Morgan fingerprint density at radius 2 is 2.10 bits per heavy atom. The lowest BCUT2D eigenvalue weighted by molar-refractivity contribution is 0.349. The molecule has 110 valence electrons. The summed E-state index contributed by atoms with van der Waals surface area (Å²) < 4.78 is 5.78. The number of ether oxygens (including phenoxy) is 1. The van der Waals surface area contributed by atoms with Crippen LogP contribution in [0.15, 0.2) is 36.4 Å². The minimum Gasteiger partial charge on any atom is -0.493 e. The first-order valence-electron chi connectivity index (χ1n) is 7.26. The summed E-state index contributed by atoms with van der Waals surface area (Å²) in [7, 11) is 0. The highest BCUT2D eigenvalue weighted by Gasteiger charge is 2.26. The van der Waals surface area contributed by atoms with Gasteiger partial charge in [-0.1, -0.05) is 41.4 Å². The van der Waals surface area contributed by atoms with Gasteiger partial charge in [-0.3, -0.25) is 0 Å². The Labute approximate surface area is 130 Å². The van der Waals surface area contributed by atoms with E-state index in [1.807, 2.05) is 12.1 Å². The van der Waals surface area contributed by atoms with Crippen molar-refractivity contribution >= 4 is 11.6 Å². The van der Waals surface area contributed by atoms with Crippen molar-refractivity contribution in [3.63, 3.8) is 0 Å². The molecule has 1 aliphatic rings. The predicted octanol–water partition coefficient (Wildman–Crippen LogP) is 4.00. The smallest absolute Gasteiger partial charge is 0.125 e. The summed E-state index contributed by atoms with van der Waals surface area (Å²) in [5.41, 5.74) is 10.8. The average Bonchev–Trinajstić information content (AvgIpc) is 2.86. The minimum absolute atomic E-state index is 0.448. The molecule has 0 bridgehead atoms. The molecule has 0 saturated heterocycles. The van der Waals surface area contributed by atoms with Crippen LogP contribution in [0.4, 0.5) is 0 Å². The minimum atomic E-state index is -0.448. The van der Waals surface area contributed by atoms with E-state index in [4.69, 9.17) is 22.1 Å². The van der Waals surface area contributed by atoms with Gasteiger partial charge in [-0.05, 0) is 49.1 Å². The van der Waals surface area contributed by atoms with Crippen LogP contribution in [-0.4, -0.2) is 6.61 Å². The van der Waals surface area contributed by atoms with Crippen molar-refractivity contribution in [2.24, 2.45) is 5.73 Å². The molecule has 0 fully saturated rings. The van der Waals surface area contributed by atoms with Gasteiger partial charge in [-0.2, -0.15) is 0 Å². The summed E-state index contributed by atoms with van der Waals surface area (Å²) in [5, 5.41) is 0.759. The molecule has 21 heavy (non-hydrogen) atoms. The van der Waals surface area contributed by atoms with Crippen LogP contribution in [-0.2, 0) is 18.4 Å². The van der Waals surface area contributed by atoms with E-state index in [1.54, 1.807) is 0 Å². The van der Waals surface area contributed by atoms with E-state index in [-0.39, 0.29) is 0 Å². The SMILES string of the molecule is Cc1cccc(C(C)(N)Cc2cc(Cl)cc3c2OCC3)c1. The summed E-state index contributed by atoms with van der Waals surface area (Å²) in [6.45, 7) is 4.87. The Bertz CT molecular complexity index is 679. The fraction of sp³-hybridized carbons (Fsp3) is 0.333. The quantitative estimate of drug-likeness (QED) is 0.930. The molecule has 3 heteroatoms. The molecule has 0 amide bonds. The summed E-state index contributed by atoms with van der Waals surface area (Å²) in [6.07, 6.45) is 1.63. The molecule has 1 aliphatic heterocycles. The molecule has 0 aromatic heterocycles. The molecule has 2 aromatic carbocycles. The molecule has 0 radical (unpaired) electrons. The highest BCUT2D eigenvalue weighted by atomic mass is 35.5. The Morgan fingerprint density at radius 1 is 1.29 bits per heavy atom. The van der Waals surface area contributed by atoms with Crippen LogP contribution < -0.4 is 10.5 Å². The second-order valence-corrected chi connectivity index (χ2v) is 6.55. The highest BCUT2D eigenvalue weighted by Crippen LogP contribution is 2.36. The zero-order chi connectivity index (χ0) is 15.0. The van der Waals surface area contributed by atoms with E-state index in [0.29, 0.717) is 6.42 Å². The molecular formula is C18H20ClNO. The van der Waals surface area contributed by atoms with Crippen LogP contribution in [0, 0.1) is 6.92 Å². The van der Waals surface area contributed by atoms with Gasteiger partial charge >= 0.3 is 0 Å². The number of hydrogen-bond donors (Lipinski definition) is 1. The molecule has 1 atom stereocenters. The van der Waals surface area contributed by atoms with Gasteiger partial charge in [0.25, 0.3) is 0 Å². The third kappa shape index (κ3) is 2.92. The largest absolute Gasteiger partial charge is 0.493 e. The lowest BCUT2D eigenvalue weighted by Crippen LogP contribution is -2.35. The van der Waals surface area contributed by atoms with Crippen molar-refractivity contribution in [2.45, 2.75) is 32.2 Å². The van der Waals surface area contributed by atoms with Crippen LogP contribution in [0.3, 0.4) is 0 Å². The summed E-state index contributed by atoms with van der Waals surface area (Å²) in [5.74, 6) is 0.976. The topological polar surface area (TPSA) is 35.2 Å². The number of nitrogens with two attached hydrogens (primary N) is 1. The van der Waals surface area contributed by atoms with Crippen LogP contribution in [0.2, 0.25) is 5.02 Å². The number of halogens is 1. The van der Waals surface area contributed by atoms with Crippen molar-refractivity contribution in [1.82, 2.24) is 0 Å². The van der Waals surface area contributed by atoms with E-state index in [0.717, 1.165) is 34.9 Å². The van der Waals surface area contributed by atoms with Gasteiger partial charge in [0.2, 0.25) is 0 Å². The Morgan fingerprint density at radius 3 is 2.86 bits per heavy atom. The second kappa shape index (κ2) is 5.36. The second-order valence-electron chi connectivity index (χ2n) is 6.12. The van der Waals surface area contributed by atoms with Gasteiger partial charge in [0.15, 0.2) is 0 Å². The number of benzene rings is 2. The Hall–Kier alpha value is -1.51. The first-order valence-corrected chi connectivity index (χ1v) is 7.64. The normalized spacial score (nSPS) is 16.2. The maximum atomic E-state index is 6.58. The fourth-order valence-corrected chi connectivity index (χ4v) is 3.24. The number of aryl methyl sites for hydroxylation is 1. The Kier molecular flexibility index (Phi) is 3.68.